The van der Waals surface area contributed by atoms with E-state index in [0.29, 0.717) is 13.0 Å². The molecular weight excluding hydrogens is 240 g/mol. The molecule has 0 atom stereocenters. The van der Waals surface area contributed by atoms with Gasteiger partial charge in [0, 0.05) is 19.2 Å². The highest BCUT2D eigenvalue weighted by atomic mass is 35.5. The molecule has 0 aliphatic rings. The van der Waals surface area contributed by atoms with Gasteiger partial charge in [-0.05, 0) is 27.8 Å². The van der Waals surface area contributed by atoms with Crippen LogP contribution < -0.4 is 10.6 Å². The minimum atomic E-state index is -0.0616. The van der Waals surface area contributed by atoms with Crippen LogP contribution in [0.5, 0.6) is 0 Å². The summed E-state index contributed by atoms with van der Waals surface area (Å²) in [7, 11) is 1.82. The zero-order valence-electron chi connectivity index (χ0n) is 10.8. The third kappa shape index (κ3) is 5.19. The van der Waals surface area contributed by atoms with E-state index in [2.05, 4.69) is 36.5 Å². The van der Waals surface area contributed by atoms with Gasteiger partial charge in [-0.1, -0.05) is 0 Å². The second-order valence-corrected chi connectivity index (χ2v) is 4.75. The quantitative estimate of drug-likeness (QED) is 0.865. The first-order valence-corrected chi connectivity index (χ1v) is 5.43. The Hall–Kier alpha value is -1.07. The highest BCUT2D eigenvalue weighted by Gasteiger charge is 2.14. The topological polar surface area (TPSA) is 59.0 Å². The molecular formula is C11H21ClN4O. The first-order valence-electron chi connectivity index (χ1n) is 5.43. The van der Waals surface area contributed by atoms with E-state index < -0.39 is 0 Å². The van der Waals surface area contributed by atoms with Gasteiger partial charge in [-0.25, -0.2) is 0 Å². The first kappa shape index (κ1) is 15.9. The Morgan fingerprint density at radius 1 is 1.47 bits per heavy atom. The standard InChI is InChI=1S/C11H20N4O.ClH/c1-11(2,3)15-8-9(7-13-15)14-10(16)5-6-12-4;/h7-8,12H,5-6H2,1-4H3,(H,14,16);1H. The molecule has 17 heavy (non-hydrogen) atoms. The van der Waals surface area contributed by atoms with Gasteiger partial charge in [0.15, 0.2) is 0 Å². The highest BCUT2D eigenvalue weighted by Crippen LogP contribution is 2.15. The Morgan fingerprint density at radius 3 is 2.59 bits per heavy atom. The molecule has 1 heterocycles. The summed E-state index contributed by atoms with van der Waals surface area (Å²) in [5.74, 6) is 0.00260. The van der Waals surface area contributed by atoms with Gasteiger partial charge in [0.25, 0.3) is 0 Å². The average Bonchev–Trinajstić information content (AvgIpc) is 2.62. The number of hydrogen-bond donors (Lipinski definition) is 2. The van der Waals surface area contributed by atoms with Gasteiger partial charge in [-0.3, -0.25) is 9.48 Å². The smallest absolute Gasteiger partial charge is 0.225 e. The van der Waals surface area contributed by atoms with Crippen LogP contribution in [0.3, 0.4) is 0 Å². The largest absolute Gasteiger partial charge is 0.323 e. The van der Waals surface area contributed by atoms with Gasteiger partial charge in [-0.15, -0.1) is 12.4 Å². The molecule has 2 N–H and O–H groups in total. The number of anilines is 1. The molecule has 98 valence electrons. The van der Waals surface area contributed by atoms with E-state index in [4.69, 9.17) is 0 Å². The van der Waals surface area contributed by atoms with Crippen molar-refractivity contribution in [2.75, 3.05) is 18.9 Å². The van der Waals surface area contributed by atoms with Crippen LogP contribution in [-0.2, 0) is 10.3 Å². The lowest BCUT2D eigenvalue weighted by molar-refractivity contribution is -0.116. The molecule has 1 aromatic rings. The first-order chi connectivity index (χ1) is 7.43. The fourth-order valence-electron chi connectivity index (χ4n) is 1.22. The molecule has 0 fully saturated rings. The van der Waals surface area contributed by atoms with Crippen molar-refractivity contribution in [1.82, 2.24) is 15.1 Å². The van der Waals surface area contributed by atoms with E-state index in [9.17, 15) is 4.79 Å². The van der Waals surface area contributed by atoms with Crippen molar-refractivity contribution < 1.29 is 4.79 Å². The summed E-state index contributed by atoms with van der Waals surface area (Å²) in [5, 5.41) is 9.95. The van der Waals surface area contributed by atoms with E-state index in [0.717, 1.165) is 5.69 Å². The maximum absolute atomic E-state index is 11.4. The fourth-order valence-corrected chi connectivity index (χ4v) is 1.22. The maximum atomic E-state index is 11.4. The number of carbonyl (C=O) groups is 1. The van der Waals surface area contributed by atoms with Crippen molar-refractivity contribution in [3.8, 4) is 0 Å². The molecule has 5 nitrogen and oxygen atoms in total. The zero-order chi connectivity index (χ0) is 12.2. The van der Waals surface area contributed by atoms with Gasteiger partial charge < -0.3 is 10.6 Å². The molecule has 0 spiro atoms. The number of rotatable bonds is 4. The summed E-state index contributed by atoms with van der Waals surface area (Å²) < 4.78 is 1.83. The average molecular weight is 261 g/mol. The van der Waals surface area contributed by atoms with Crippen LogP contribution in [-0.4, -0.2) is 29.3 Å². The molecule has 0 bridgehead atoms. The Bertz CT molecular complexity index is 357. The number of nitrogens with one attached hydrogen (secondary N) is 2. The van der Waals surface area contributed by atoms with Crippen molar-refractivity contribution in [3.05, 3.63) is 12.4 Å². The second-order valence-electron chi connectivity index (χ2n) is 4.75. The van der Waals surface area contributed by atoms with E-state index in [1.165, 1.54) is 0 Å². The number of nitrogens with zero attached hydrogens (tertiary/aromatic N) is 2. The summed E-state index contributed by atoms with van der Waals surface area (Å²) in [6.07, 6.45) is 3.98. The molecule has 0 saturated carbocycles. The fraction of sp³-hybridized carbons (Fsp3) is 0.636. The third-order valence-corrected chi connectivity index (χ3v) is 2.16. The lowest BCUT2D eigenvalue weighted by atomic mass is 10.1. The molecule has 6 heteroatoms. The summed E-state index contributed by atoms with van der Waals surface area (Å²) in [6.45, 7) is 6.87. The summed E-state index contributed by atoms with van der Waals surface area (Å²) >= 11 is 0. The van der Waals surface area contributed by atoms with E-state index in [1.807, 2.05) is 17.9 Å². The normalized spacial score (nSPS) is 10.8. The Morgan fingerprint density at radius 2 is 2.12 bits per heavy atom. The Balaban J connectivity index is 0.00000256. The van der Waals surface area contributed by atoms with E-state index in [-0.39, 0.29) is 23.9 Å². The number of aromatic nitrogens is 2. The van der Waals surface area contributed by atoms with Crippen LogP contribution in [0.4, 0.5) is 5.69 Å². The molecule has 0 aromatic carbocycles. The van der Waals surface area contributed by atoms with Gasteiger partial charge in [-0.2, -0.15) is 5.10 Å². The minimum Gasteiger partial charge on any atom is -0.323 e. The zero-order valence-corrected chi connectivity index (χ0v) is 11.6. The van der Waals surface area contributed by atoms with Crippen LogP contribution >= 0.6 is 12.4 Å². The number of halogens is 1. The monoisotopic (exact) mass is 260 g/mol. The van der Waals surface area contributed by atoms with Crippen LogP contribution in [0.1, 0.15) is 27.2 Å². The molecule has 0 aliphatic heterocycles. The lowest BCUT2D eigenvalue weighted by Gasteiger charge is -2.18. The molecule has 1 aromatic heterocycles. The van der Waals surface area contributed by atoms with E-state index >= 15 is 0 Å². The molecule has 0 saturated heterocycles. The van der Waals surface area contributed by atoms with Gasteiger partial charge in [0.2, 0.25) is 5.91 Å². The predicted octanol–water partition coefficient (Wildman–Crippen LogP) is 1.61. The molecule has 0 unspecified atom stereocenters. The van der Waals surface area contributed by atoms with Gasteiger partial charge in [0.1, 0.15) is 0 Å². The third-order valence-electron chi connectivity index (χ3n) is 2.16. The Kier molecular flexibility index (Phi) is 6.20. The lowest BCUT2D eigenvalue weighted by Crippen LogP contribution is -2.22. The molecule has 1 rings (SSSR count). The SMILES string of the molecule is CNCCC(=O)Nc1cnn(C(C)(C)C)c1.Cl. The van der Waals surface area contributed by atoms with Crippen LogP contribution in [0.15, 0.2) is 12.4 Å². The van der Waals surface area contributed by atoms with Crippen molar-refractivity contribution >= 4 is 24.0 Å². The van der Waals surface area contributed by atoms with E-state index in [1.54, 1.807) is 6.20 Å². The molecule has 1 amide bonds. The summed E-state index contributed by atoms with van der Waals surface area (Å²) in [6, 6.07) is 0. The van der Waals surface area contributed by atoms with Crippen LogP contribution in [0.2, 0.25) is 0 Å². The summed E-state index contributed by atoms with van der Waals surface area (Å²) in [5.41, 5.74) is 0.685. The maximum Gasteiger partial charge on any atom is 0.225 e. The molecule has 0 aliphatic carbocycles. The number of hydrogen-bond acceptors (Lipinski definition) is 3. The van der Waals surface area contributed by atoms with Crippen LogP contribution in [0, 0.1) is 0 Å². The van der Waals surface area contributed by atoms with Crippen molar-refractivity contribution in [3.63, 3.8) is 0 Å². The van der Waals surface area contributed by atoms with Crippen molar-refractivity contribution in [2.45, 2.75) is 32.7 Å². The highest BCUT2D eigenvalue weighted by molar-refractivity contribution is 5.90. The van der Waals surface area contributed by atoms with Gasteiger partial charge >= 0.3 is 0 Å². The summed E-state index contributed by atoms with van der Waals surface area (Å²) in [4.78, 5) is 11.4. The minimum absolute atomic E-state index is 0. The van der Waals surface area contributed by atoms with Gasteiger partial charge in [0.05, 0.1) is 17.4 Å². The van der Waals surface area contributed by atoms with Crippen LogP contribution in [0.25, 0.3) is 0 Å². The number of amides is 1. The number of carbonyl (C=O) groups excluding carboxylic acids is 1. The second kappa shape index (κ2) is 6.61. The Labute approximate surface area is 108 Å². The predicted molar refractivity (Wildman–Crippen MR) is 71.6 cm³/mol. The van der Waals surface area contributed by atoms with Crippen molar-refractivity contribution in [2.24, 2.45) is 0 Å². The molecule has 0 radical (unpaired) electrons. The van der Waals surface area contributed by atoms with Crippen molar-refractivity contribution in [1.29, 1.82) is 0 Å².